The van der Waals surface area contributed by atoms with Gasteiger partial charge in [0, 0.05) is 11.3 Å². The molecule has 0 fully saturated rings. The lowest BCUT2D eigenvalue weighted by Crippen LogP contribution is -2.16. The van der Waals surface area contributed by atoms with Gasteiger partial charge in [0.2, 0.25) is 0 Å². The molecule has 0 aliphatic carbocycles. The minimum Gasteiger partial charge on any atom is -0.497 e. The van der Waals surface area contributed by atoms with Crippen molar-refractivity contribution < 1.29 is 14.6 Å². The second-order valence-corrected chi connectivity index (χ2v) is 4.80. The summed E-state index contributed by atoms with van der Waals surface area (Å²) in [5.41, 5.74) is 2.97. The SMILES string of the molecule is COc1ccc(OC)c(C(CO)Nc2ccccc2C)c1. The largest absolute Gasteiger partial charge is 0.497 e. The fraction of sp³-hybridized carbons (Fsp3) is 0.294. The zero-order chi connectivity index (χ0) is 15.2. The molecule has 0 aliphatic rings. The van der Waals surface area contributed by atoms with Gasteiger partial charge in [0.15, 0.2) is 0 Å². The zero-order valence-electron chi connectivity index (χ0n) is 12.6. The van der Waals surface area contributed by atoms with Crippen LogP contribution < -0.4 is 14.8 Å². The summed E-state index contributed by atoms with van der Waals surface area (Å²) in [5.74, 6) is 1.45. The van der Waals surface area contributed by atoms with Crippen LogP contribution in [0.25, 0.3) is 0 Å². The lowest BCUT2D eigenvalue weighted by atomic mass is 10.0. The van der Waals surface area contributed by atoms with Crippen LogP contribution in [0.5, 0.6) is 11.5 Å². The highest BCUT2D eigenvalue weighted by atomic mass is 16.5. The Morgan fingerprint density at radius 1 is 1.10 bits per heavy atom. The van der Waals surface area contributed by atoms with Crippen LogP contribution in [0.2, 0.25) is 0 Å². The maximum Gasteiger partial charge on any atom is 0.124 e. The van der Waals surface area contributed by atoms with E-state index in [9.17, 15) is 5.11 Å². The first-order valence-corrected chi connectivity index (χ1v) is 6.84. The quantitative estimate of drug-likeness (QED) is 0.857. The normalized spacial score (nSPS) is 11.8. The average molecular weight is 287 g/mol. The van der Waals surface area contributed by atoms with Crippen LogP contribution in [-0.4, -0.2) is 25.9 Å². The minimum absolute atomic E-state index is 0.0438. The van der Waals surface area contributed by atoms with E-state index in [1.807, 2.05) is 49.4 Å². The molecule has 2 rings (SSSR count). The second-order valence-electron chi connectivity index (χ2n) is 4.80. The molecule has 0 spiro atoms. The highest BCUT2D eigenvalue weighted by Gasteiger charge is 2.17. The Morgan fingerprint density at radius 2 is 1.86 bits per heavy atom. The number of aliphatic hydroxyl groups is 1. The number of benzene rings is 2. The first-order chi connectivity index (χ1) is 10.2. The van der Waals surface area contributed by atoms with Crippen molar-refractivity contribution >= 4 is 5.69 Å². The highest BCUT2D eigenvalue weighted by Crippen LogP contribution is 2.31. The summed E-state index contributed by atoms with van der Waals surface area (Å²) >= 11 is 0. The van der Waals surface area contributed by atoms with E-state index in [1.165, 1.54) is 0 Å². The van der Waals surface area contributed by atoms with Crippen molar-refractivity contribution in [3.63, 3.8) is 0 Å². The summed E-state index contributed by atoms with van der Waals surface area (Å²) in [6.07, 6.45) is 0. The van der Waals surface area contributed by atoms with Crippen LogP contribution in [0.4, 0.5) is 5.69 Å². The average Bonchev–Trinajstić information content (AvgIpc) is 2.53. The van der Waals surface area contributed by atoms with Gasteiger partial charge in [-0.1, -0.05) is 18.2 Å². The van der Waals surface area contributed by atoms with Crippen molar-refractivity contribution in [3.05, 3.63) is 53.6 Å². The number of nitrogens with one attached hydrogen (secondary N) is 1. The molecule has 2 aromatic carbocycles. The van der Waals surface area contributed by atoms with E-state index >= 15 is 0 Å². The first-order valence-electron chi connectivity index (χ1n) is 6.84. The highest BCUT2D eigenvalue weighted by molar-refractivity contribution is 5.54. The predicted octanol–water partition coefficient (Wildman–Crippen LogP) is 3.16. The fourth-order valence-corrected chi connectivity index (χ4v) is 2.26. The van der Waals surface area contributed by atoms with Crippen molar-refractivity contribution in [2.45, 2.75) is 13.0 Å². The number of hydrogen-bond acceptors (Lipinski definition) is 4. The molecule has 0 aliphatic heterocycles. The van der Waals surface area contributed by atoms with E-state index in [-0.39, 0.29) is 12.6 Å². The Morgan fingerprint density at radius 3 is 2.48 bits per heavy atom. The van der Waals surface area contributed by atoms with Gasteiger partial charge in [-0.3, -0.25) is 0 Å². The molecule has 4 heteroatoms. The minimum atomic E-state index is -0.267. The van der Waals surface area contributed by atoms with E-state index < -0.39 is 0 Å². The monoisotopic (exact) mass is 287 g/mol. The number of aryl methyl sites for hydroxylation is 1. The van der Waals surface area contributed by atoms with Crippen LogP contribution in [0.1, 0.15) is 17.2 Å². The number of ether oxygens (including phenoxy) is 2. The molecule has 0 amide bonds. The van der Waals surface area contributed by atoms with E-state index in [4.69, 9.17) is 9.47 Å². The van der Waals surface area contributed by atoms with Crippen molar-refractivity contribution in [1.29, 1.82) is 0 Å². The molecule has 0 heterocycles. The summed E-state index contributed by atoms with van der Waals surface area (Å²) in [6.45, 7) is 1.98. The molecule has 21 heavy (non-hydrogen) atoms. The standard InChI is InChI=1S/C17H21NO3/c1-12-6-4-5-7-15(12)18-16(11-19)14-10-13(20-2)8-9-17(14)21-3/h4-10,16,18-19H,11H2,1-3H3. The number of methoxy groups -OCH3 is 2. The third-order valence-electron chi connectivity index (χ3n) is 3.47. The molecule has 0 radical (unpaired) electrons. The second kappa shape index (κ2) is 6.99. The molecule has 112 valence electrons. The van der Waals surface area contributed by atoms with Gasteiger partial charge in [-0.05, 0) is 36.8 Å². The molecular formula is C17H21NO3. The zero-order valence-corrected chi connectivity index (χ0v) is 12.6. The lowest BCUT2D eigenvalue weighted by molar-refractivity contribution is 0.272. The van der Waals surface area contributed by atoms with Crippen LogP contribution in [0, 0.1) is 6.92 Å². The Labute approximate surface area is 125 Å². The number of para-hydroxylation sites is 1. The molecular weight excluding hydrogens is 266 g/mol. The van der Waals surface area contributed by atoms with E-state index in [1.54, 1.807) is 14.2 Å². The lowest BCUT2D eigenvalue weighted by Gasteiger charge is -2.22. The maximum absolute atomic E-state index is 9.76. The van der Waals surface area contributed by atoms with Gasteiger partial charge >= 0.3 is 0 Å². The van der Waals surface area contributed by atoms with Crippen LogP contribution in [-0.2, 0) is 0 Å². The van der Waals surface area contributed by atoms with Gasteiger partial charge in [-0.2, -0.15) is 0 Å². The maximum atomic E-state index is 9.76. The predicted molar refractivity (Wildman–Crippen MR) is 84.2 cm³/mol. The van der Waals surface area contributed by atoms with E-state index in [0.717, 1.165) is 28.3 Å². The third kappa shape index (κ3) is 3.47. The Hall–Kier alpha value is -2.20. The van der Waals surface area contributed by atoms with Gasteiger partial charge in [0.05, 0.1) is 26.9 Å². The number of hydrogen-bond donors (Lipinski definition) is 2. The molecule has 0 saturated heterocycles. The van der Waals surface area contributed by atoms with E-state index in [0.29, 0.717) is 0 Å². The van der Waals surface area contributed by atoms with Gasteiger partial charge in [0.1, 0.15) is 11.5 Å². The van der Waals surface area contributed by atoms with Crippen molar-refractivity contribution in [3.8, 4) is 11.5 Å². The van der Waals surface area contributed by atoms with E-state index in [2.05, 4.69) is 5.32 Å². The summed E-state index contributed by atoms with van der Waals surface area (Å²) < 4.78 is 10.6. The van der Waals surface area contributed by atoms with Crippen LogP contribution >= 0.6 is 0 Å². The summed E-state index contributed by atoms with van der Waals surface area (Å²) in [4.78, 5) is 0. The number of aliphatic hydroxyl groups excluding tert-OH is 1. The molecule has 1 atom stereocenters. The number of rotatable bonds is 6. The summed E-state index contributed by atoms with van der Waals surface area (Å²) in [7, 11) is 3.24. The Kier molecular flexibility index (Phi) is 5.06. The van der Waals surface area contributed by atoms with Crippen molar-refractivity contribution in [1.82, 2.24) is 0 Å². The molecule has 1 unspecified atom stereocenters. The van der Waals surface area contributed by atoms with Gasteiger partial charge in [-0.15, -0.1) is 0 Å². The van der Waals surface area contributed by atoms with Gasteiger partial charge in [-0.25, -0.2) is 0 Å². The molecule has 2 aromatic rings. The third-order valence-corrected chi connectivity index (χ3v) is 3.47. The smallest absolute Gasteiger partial charge is 0.124 e. The number of anilines is 1. The van der Waals surface area contributed by atoms with Crippen molar-refractivity contribution in [2.24, 2.45) is 0 Å². The molecule has 2 N–H and O–H groups in total. The molecule has 0 bridgehead atoms. The Balaban J connectivity index is 2.34. The topological polar surface area (TPSA) is 50.7 Å². The molecule has 0 aromatic heterocycles. The summed E-state index contributed by atoms with van der Waals surface area (Å²) in [6, 6.07) is 13.3. The van der Waals surface area contributed by atoms with Gasteiger partial charge < -0.3 is 19.9 Å². The molecule has 0 saturated carbocycles. The Bertz CT molecular complexity index is 598. The van der Waals surface area contributed by atoms with Crippen LogP contribution in [0.3, 0.4) is 0 Å². The molecule has 4 nitrogen and oxygen atoms in total. The first kappa shape index (κ1) is 15.2. The van der Waals surface area contributed by atoms with Crippen molar-refractivity contribution in [2.75, 3.05) is 26.1 Å². The fourth-order valence-electron chi connectivity index (χ4n) is 2.26. The summed E-state index contributed by atoms with van der Waals surface area (Å²) in [5, 5.41) is 13.1. The van der Waals surface area contributed by atoms with Gasteiger partial charge in [0.25, 0.3) is 0 Å². The van der Waals surface area contributed by atoms with Crippen LogP contribution in [0.15, 0.2) is 42.5 Å².